The Bertz CT molecular complexity index is 1410. The van der Waals surface area contributed by atoms with Crippen LogP contribution in [0.15, 0.2) is 64.5 Å². The Hall–Kier alpha value is -3.70. The van der Waals surface area contributed by atoms with E-state index in [0.717, 1.165) is 29.4 Å². The van der Waals surface area contributed by atoms with Crippen LogP contribution in [0.3, 0.4) is 0 Å². The number of carbonyl (C=O) groups is 2. The van der Waals surface area contributed by atoms with E-state index in [1.807, 2.05) is 30.3 Å². The monoisotopic (exact) mass is 579 g/mol. The molecule has 3 aromatic rings. The molecule has 2 N–H and O–H groups in total. The minimum Gasteiger partial charge on any atom is -0.492 e. The van der Waals surface area contributed by atoms with Gasteiger partial charge >= 0.3 is 0 Å². The van der Waals surface area contributed by atoms with Crippen LogP contribution >= 0.6 is 11.8 Å². The minimum atomic E-state index is -0.337. The molecule has 9 nitrogen and oxygen atoms in total. The first-order chi connectivity index (χ1) is 20.0. The molecule has 0 atom stereocenters. The van der Waals surface area contributed by atoms with Crippen LogP contribution in [-0.4, -0.2) is 64.3 Å². The van der Waals surface area contributed by atoms with Gasteiger partial charge in [0.1, 0.15) is 18.2 Å². The summed E-state index contributed by atoms with van der Waals surface area (Å²) in [4.78, 5) is 45.4. The number of carbonyl (C=O) groups excluding carboxylic acids is 2. The topological polar surface area (TPSA) is 106 Å². The molecule has 1 saturated carbocycles. The van der Waals surface area contributed by atoms with E-state index in [4.69, 9.17) is 9.72 Å². The fraction of sp³-hybridized carbons (Fsp3) is 0.400. The highest BCUT2D eigenvalue weighted by Gasteiger charge is 2.28. The smallest absolute Gasteiger partial charge is 0.264 e. The summed E-state index contributed by atoms with van der Waals surface area (Å²) in [7, 11) is 0. The fourth-order valence-electron chi connectivity index (χ4n) is 4.70. The SMILES string of the molecule is O=C(CNCCC(=O)N1CCc2nc(SC3CCC3)n(-c3ccccc3)c(=O)c2C1)NCCOc1ccc(F)cc1. The van der Waals surface area contributed by atoms with Crippen LogP contribution in [-0.2, 0) is 22.6 Å². The second-order valence-electron chi connectivity index (χ2n) is 10.1. The lowest BCUT2D eigenvalue weighted by Crippen LogP contribution is -2.42. The van der Waals surface area contributed by atoms with Gasteiger partial charge in [-0.2, -0.15) is 0 Å². The molecule has 0 saturated heterocycles. The van der Waals surface area contributed by atoms with Crippen molar-refractivity contribution in [2.75, 3.05) is 32.8 Å². The number of hydrogen-bond acceptors (Lipinski definition) is 7. The van der Waals surface area contributed by atoms with E-state index >= 15 is 0 Å². The van der Waals surface area contributed by atoms with Gasteiger partial charge in [-0.25, -0.2) is 9.37 Å². The molecular formula is C30H34FN5O4S. The molecule has 0 spiro atoms. The van der Waals surface area contributed by atoms with Crippen molar-refractivity contribution in [3.8, 4) is 11.4 Å². The zero-order valence-electron chi connectivity index (χ0n) is 22.8. The number of thioether (sulfide) groups is 1. The lowest BCUT2D eigenvalue weighted by Gasteiger charge is -2.30. The van der Waals surface area contributed by atoms with E-state index in [1.165, 1.54) is 30.7 Å². The second-order valence-corrected chi connectivity index (χ2v) is 11.4. The number of nitrogens with one attached hydrogen (secondary N) is 2. The number of para-hydroxylation sites is 1. The highest BCUT2D eigenvalue weighted by atomic mass is 32.2. The highest BCUT2D eigenvalue weighted by Crippen LogP contribution is 2.36. The number of nitrogens with zero attached hydrogens (tertiary/aromatic N) is 3. The normalized spacial score (nSPS) is 14.7. The molecule has 1 fully saturated rings. The Kier molecular flexibility index (Phi) is 9.68. The molecule has 2 aliphatic rings. The molecule has 0 unspecified atom stereocenters. The summed E-state index contributed by atoms with van der Waals surface area (Å²) in [5, 5.41) is 6.95. The maximum atomic E-state index is 13.7. The van der Waals surface area contributed by atoms with Crippen LogP contribution in [0.5, 0.6) is 5.75 Å². The fourth-order valence-corrected chi connectivity index (χ4v) is 6.02. The van der Waals surface area contributed by atoms with Gasteiger partial charge in [-0.05, 0) is 49.2 Å². The highest BCUT2D eigenvalue weighted by molar-refractivity contribution is 7.99. The van der Waals surface area contributed by atoms with Crippen LogP contribution in [0.25, 0.3) is 5.69 Å². The molecule has 1 aliphatic carbocycles. The van der Waals surface area contributed by atoms with Crippen molar-refractivity contribution < 1.29 is 18.7 Å². The second kappa shape index (κ2) is 13.8. The van der Waals surface area contributed by atoms with Gasteiger partial charge in [0.15, 0.2) is 5.16 Å². The zero-order valence-corrected chi connectivity index (χ0v) is 23.6. The van der Waals surface area contributed by atoms with Crippen molar-refractivity contribution in [3.05, 3.63) is 82.0 Å². The number of ether oxygens (including phenoxy) is 1. The third-order valence-corrected chi connectivity index (χ3v) is 8.49. The van der Waals surface area contributed by atoms with Gasteiger partial charge < -0.3 is 20.3 Å². The van der Waals surface area contributed by atoms with E-state index in [0.29, 0.717) is 42.6 Å². The lowest BCUT2D eigenvalue weighted by molar-refractivity contribution is -0.132. The van der Waals surface area contributed by atoms with E-state index < -0.39 is 0 Å². The maximum Gasteiger partial charge on any atom is 0.264 e. The largest absolute Gasteiger partial charge is 0.492 e. The number of halogens is 1. The number of fused-ring (bicyclic) bond motifs is 1. The number of hydrogen-bond donors (Lipinski definition) is 2. The molecule has 0 bridgehead atoms. The molecule has 2 aromatic carbocycles. The van der Waals surface area contributed by atoms with Gasteiger partial charge in [0.25, 0.3) is 5.56 Å². The summed E-state index contributed by atoms with van der Waals surface area (Å²) in [6.07, 6.45) is 4.24. The number of amides is 2. The van der Waals surface area contributed by atoms with Crippen LogP contribution in [0.4, 0.5) is 4.39 Å². The van der Waals surface area contributed by atoms with Crippen molar-refractivity contribution in [2.24, 2.45) is 0 Å². The molecule has 216 valence electrons. The van der Waals surface area contributed by atoms with Crippen molar-refractivity contribution in [1.82, 2.24) is 25.1 Å². The Morgan fingerprint density at radius 2 is 1.85 bits per heavy atom. The molecule has 0 radical (unpaired) electrons. The van der Waals surface area contributed by atoms with E-state index in [9.17, 15) is 18.8 Å². The Balaban J connectivity index is 1.10. The molecule has 5 rings (SSSR count). The molecule has 11 heteroatoms. The molecule has 1 aliphatic heterocycles. The van der Waals surface area contributed by atoms with Crippen LogP contribution in [0.1, 0.15) is 36.9 Å². The average Bonchev–Trinajstić information content (AvgIpc) is 2.96. The van der Waals surface area contributed by atoms with Crippen LogP contribution in [0, 0.1) is 5.82 Å². The van der Waals surface area contributed by atoms with Crippen molar-refractivity contribution in [2.45, 2.75) is 49.1 Å². The first-order valence-electron chi connectivity index (χ1n) is 14.0. The molecule has 2 amide bonds. The summed E-state index contributed by atoms with van der Waals surface area (Å²) in [6.45, 7) is 1.71. The van der Waals surface area contributed by atoms with Gasteiger partial charge in [-0.1, -0.05) is 36.4 Å². The molecule has 2 heterocycles. The van der Waals surface area contributed by atoms with E-state index in [-0.39, 0.29) is 49.3 Å². The summed E-state index contributed by atoms with van der Waals surface area (Å²) in [5.41, 5.74) is 2.02. The average molecular weight is 580 g/mol. The van der Waals surface area contributed by atoms with Gasteiger partial charge in [0.05, 0.1) is 36.6 Å². The summed E-state index contributed by atoms with van der Waals surface area (Å²) in [6, 6.07) is 15.2. The van der Waals surface area contributed by atoms with Crippen molar-refractivity contribution >= 4 is 23.6 Å². The quantitative estimate of drug-likeness (QED) is 0.251. The number of benzene rings is 2. The van der Waals surface area contributed by atoms with Crippen molar-refractivity contribution in [1.29, 1.82) is 0 Å². The Morgan fingerprint density at radius 3 is 2.59 bits per heavy atom. The molecule has 1 aromatic heterocycles. The van der Waals surface area contributed by atoms with Gasteiger partial charge in [0.2, 0.25) is 11.8 Å². The van der Waals surface area contributed by atoms with Gasteiger partial charge in [-0.3, -0.25) is 19.0 Å². The van der Waals surface area contributed by atoms with Gasteiger partial charge in [0, 0.05) is 31.2 Å². The van der Waals surface area contributed by atoms with E-state index in [2.05, 4.69) is 10.6 Å². The standard InChI is InChI=1S/C30H34FN5O4S/c31-21-9-11-23(12-10-21)40-18-16-33-27(37)19-32-15-13-28(38)35-17-14-26-25(20-35)29(39)36(22-5-2-1-3-6-22)30(34-26)41-24-7-4-8-24/h1-3,5-6,9-12,24,32H,4,7-8,13-20H2,(H,33,37). The number of rotatable bonds is 12. The van der Waals surface area contributed by atoms with Crippen LogP contribution < -0.4 is 20.9 Å². The summed E-state index contributed by atoms with van der Waals surface area (Å²) >= 11 is 1.68. The first kappa shape index (κ1) is 28.8. The Labute approximate surface area is 242 Å². The first-order valence-corrected chi connectivity index (χ1v) is 14.9. The van der Waals surface area contributed by atoms with Crippen LogP contribution in [0.2, 0.25) is 0 Å². The maximum absolute atomic E-state index is 13.7. The Morgan fingerprint density at radius 1 is 1.07 bits per heavy atom. The van der Waals surface area contributed by atoms with Gasteiger partial charge in [-0.15, -0.1) is 0 Å². The number of aromatic nitrogens is 2. The predicted molar refractivity (Wildman–Crippen MR) is 155 cm³/mol. The zero-order chi connectivity index (χ0) is 28.6. The third kappa shape index (κ3) is 7.53. The minimum absolute atomic E-state index is 0.0692. The summed E-state index contributed by atoms with van der Waals surface area (Å²) in [5.74, 6) is -0.0960. The third-order valence-electron chi connectivity index (χ3n) is 7.20. The summed E-state index contributed by atoms with van der Waals surface area (Å²) < 4.78 is 20.1. The predicted octanol–water partition coefficient (Wildman–Crippen LogP) is 3.08. The lowest BCUT2D eigenvalue weighted by atomic mass is 10.0. The molecular weight excluding hydrogens is 545 g/mol. The van der Waals surface area contributed by atoms with Crippen molar-refractivity contribution in [3.63, 3.8) is 0 Å². The molecule has 41 heavy (non-hydrogen) atoms. The van der Waals surface area contributed by atoms with E-state index in [1.54, 1.807) is 21.2 Å².